The maximum atomic E-state index is 11.0. The fourth-order valence-corrected chi connectivity index (χ4v) is 2.68. The molecule has 0 aliphatic rings. The lowest BCUT2D eigenvalue weighted by Crippen LogP contribution is -2.25. The van der Waals surface area contributed by atoms with Gasteiger partial charge >= 0.3 is 5.97 Å². The Hall–Kier alpha value is -2.15. The number of benzene rings is 1. The summed E-state index contributed by atoms with van der Waals surface area (Å²) in [5.41, 5.74) is 5.56. The molecule has 0 spiro atoms. The molecule has 1 aromatic carbocycles. The first-order valence-electron chi connectivity index (χ1n) is 7.70. The van der Waals surface area contributed by atoms with Crippen molar-refractivity contribution in [2.24, 2.45) is 17.6 Å². The van der Waals surface area contributed by atoms with Gasteiger partial charge < -0.3 is 31.3 Å². The number of rotatable bonds is 9. The molecule has 0 heterocycles. The second-order valence-electron chi connectivity index (χ2n) is 5.76. The van der Waals surface area contributed by atoms with Crippen molar-refractivity contribution in [3.8, 4) is 23.0 Å². The van der Waals surface area contributed by atoms with E-state index < -0.39 is 34.9 Å². The van der Waals surface area contributed by atoms with Crippen LogP contribution in [0.3, 0.4) is 0 Å². The van der Waals surface area contributed by atoms with Crippen molar-refractivity contribution in [2.75, 3.05) is 6.54 Å². The molecule has 2 atom stereocenters. The molecule has 7 heteroatoms. The van der Waals surface area contributed by atoms with Crippen LogP contribution in [0, 0.1) is 11.8 Å². The highest BCUT2D eigenvalue weighted by Gasteiger charge is 2.21. The molecule has 0 aromatic heterocycles. The molecular formula is C16H25NO6. The van der Waals surface area contributed by atoms with Gasteiger partial charge in [-0.1, -0.05) is 19.8 Å². The Balaban J connectivity index is 2.67. The minimum Gasteiger partial charge on any atom is -0.504 e. The third-order valence-corrected chi connectivity index (χ3v) is 4.20. The van der Waals surface area contributed by atoms with Gasteiger partial charge in [0.25, 0.3) is 0 Å². The molecule has 23 heavy (non-hydrogen) atoms. The van der Waals surface area contributed by atoms with E-state index in [1.165, 1.54) is 0 Å². The van der Waals surface area contributed by atoms with Gasteiger partial charge in [0, 0.05) is 18.2 Å². The first-order valence-corrected chi connectivity index (χ1v) is 7.70. The number of phenols is 4. The van der Waals surface area contributed by atoms with E-state index in [0.717, 1.165) is 12.5 Å². The van der Waals surface area contributed by atoms with Crippen LogP contribution in [-0.2, 0) is 11.2 Å². The van der Waals surface area contributed by atoms with Crippen LogP contribution in [0.1, 0.15) is 38.2 Å². The third kappa shape index (κ3) is 4.92. The Kier molecular flexibility index (Phi) is 6.96. The number of carboxylic acid groups (broad SMARTS) is 1. The number of carboxylic acids is 1. The summed E-state index contributed by atoms with van der Waals surface area (Å²) in [5, 5.41) is 47.5. The van der Waals surface area contributed by atoms with E-state index in [2.05, 4.69) is 0 Å². The topological polar surface area (TPSA) is 144 Å². The van der Waals surface area contributed by atoms with E-state index in [1.807, 2.05) is 6.92 Å². The van der Waals surface area contributed by atoms with Crippen LogP contribution in [-0.4, -0.2) is 38.0 Å². The molecule has 7 N–H and O–H groups in total. The maximum absolute atomic E-state index is 11.0. The summed E-state index contributed by atoms with van der Waals surface area (Å²) in [6.07, 6.45) is 2.80. The monoisotopic (exact) mass is 327 g/mol. The lowest BCUT2D eigenvalue weighted by molar-refractivity contribution is -0.142. The zero-order valence-electron chi connectivity index (χ0n) is 13.2. The van der Waals surface area contributed by atoms with Crippen LogP contribution in [0.25, 0.3) is 0 Å². The standard InChI is InChI=1S/C16H25NO6/c1-2-9(6-10(8-17)16(22)23)4-3-5-11-14(20)12(18)7-13(19)15(11)21/h7,9-10,18-21H,2-6,8,17H2,1H3,(H,22,23). The van der Waals surface area contributed by atoms with E-state index in [1.54, 1.807) is 0 Å². The molecule has 0 radical (unpaired) electrons. The lowest BCUT2D eigenvalue weighted by atomic mass is 9.88. The smallest absolute Gasteiger partial charge is 0.307 e. The number of nitrogens with two attached hydrogens (primary N) is 1. The van der Waals surface area contributed by atoms with Crippen molar-refractivity contribution in [1.29, 1.82) is 0 Å². The van der Waals surface area contributed by atoms with E-state index in [0.29, 0.717) is 19.3 Å². The van der Waals surface area contributed by atoms with Crippen LogP contribution in [0.4, 0.5) is 0 Å². The quantitative estimate of drug-likeness (QED) is 0.300. The lowest BCUT2D eigenvalue weighted by Gasteiger charge is -2.19. The summed E-state index contributed by atoms with van der Waals surface area (Å²) >= 11 is 0. The van der Waals surface area contributed by atoms with Gasteiger partial charge in [0.2, 0.25) is 0 Å². The van der Waals surface area contributed by atoms with Gasteiger partial charge in [-0.05, 0) is 25.2 Å². The molecule has 1 aromatic rings. The number of hydrogen-bond acceptors (Lipinski definition) is 6. The molecule has 0 saturated heterocycles. The first kappa shape index (κ1) is 18.9. The van der Waals surface area contributed by atoms with Crippen molar-refractivity contribution in [3.63, 3.8) is 0 Å². The van der Waals surface area contributed by atoms with Gasteiger partial charge in [0.05, 0.1) is 5.92 Å². The van der Waals surface area contributed by atoms with Crippen molar-refractivity contribution in [3.05, 3.63) is 11.6 Å². The molecule has 0 aliphatic carbocycles. The second-order valence-corrected chi connectivity index (χ2v) is 5.76. The second kappa shape index (κ2) is 8.47. The molecule has 1 rings (SSSR count). The molecule has 0 aliphatic heterocycles. The highest BCUT2D eigenvalue weighted by molar-refractivity contribution is 5.70. The summed E-state index contributed by atoms with van der Waals surface area (Å²) in [7, 11) is 0. The first-order chi connectivity index (χ1) is 10.8. The van der Waals surface area contributed by atoms with Crippen molar-refractivity contribution >= 4 is 5.97 Å². The van der Waals surface area contributed by atoms with Gasteiger partial charge in [-0.2, -0.15) is 0 Å². The Morgan fingerprint density at radius 1 is 1.17 bits per heavy atom. The Labute approximate surface area is 135 Å². The average molecular weight is 327 g/mol. The highest BCUT2D eigenvalue weighted by atomic mass is 16.4. The van der Waals surface area contributed by atoms with Crippen LogP contribution in [0.5, 0.6) is 23.0 Å². The number of phenolic OH excluding ortho intramolecular Hbond substituents is 4. The summed E-state index contributed by atoms with van der Waals surface area (Å²) in [5.74, 6) is -3.19. The maximum Gasteiger partial charge on any atom is 0.307 e. The predicted octanol–water partition coefficient (Wildman–Crippen LogP) is 1.91. The molecule has 130 valence electrons. The summed E-state index contributed by atoms with van der Waals surface area (Å²) in [6, 6.07) is 0.877. The van der Waals surface area contributed by atoms with Gasteiger partial charge in [-0.25, -0.2) is 0 Å². The molecular weight excluding hydrogens is 302 g/mol. The summed E-state index contributed by atoms with van der Waals surface area (Å²) in [4.78, 5) is 11.0. The Bertz CT molecular complexity index is 520. The normalized spacial score (nSPS) is 13.7. The summed E-state index contributed by atoms with van der Waals surface area (Å²) in [6.45, 7) is 2.06. The SMILES string of the molecule is CCC(CCCc1c(O)c(O)cc(O)c1O)CC(CN)C(=O)O. The van der Waals surface area contributed by atoms with Crippen LogP contribution in [0.15, 0.2) is 6.07 Å². The van der Waals surface area contributed by atoms with Gasteiger partial charge in [0.15, 0.2) is 23.0 Å². The number of aliphatic carboxylic acids is 1. The molecule has 0 fully saturated rings. The van der Waals surface area contributed by atoms with Crippen molar-refractivity contribution in [2.45, 2.75) is 39.0 Å². The minimum atomic E-state index is -0.904. The number of aromatic hydroxyl groups is 4. The number of carbonyl (C=O) groups is 1. The third-order valence-electron chi connectivity index (χ3n) is 4.20. The minimum absolute atomic E-state index is 0.0889. The molecule has 0 bridgehead atoms. The summed E-state index contributed by atoms with van der Waals surface area (Å²) < 4.78 is 0. The Morgan fingerprint density at radius 3 is 2.17 bits per heavy atom. The van der Waals surface area contributed by atoms with Gasteiger partial charge in [0.1, 0.15) is 0 Å². The van der Waals surface area contributed by atoms with E-state index >= 15 is 0 Å². The predicted molar refractivity (Wildman–Crippen MR) is 84.6 cm³/mol. The molecule has 0 amide bonds. The Morgan fingerprint density at radius 2 is 1.74 bits per heavy atom. The van der Waals surface area contributed by atoms with Crippen LogP contribution < -0.4 is 5.73 Å². The van der Waals surface area contributed by atoms with E-state index in [4.69, 9.17) is 10.8 Å². The van der Waals surface area contributed by atoms with Crippen molar-refractivity contribution in [1.82, 2.24) is 0 Å². The fraction of sp³-hybridized carbons (Fsp3) is 0.562. The zero-order chi connectivity index (χ0) is 17.6. The van der Waals surface area contributed by atoms with E-state index in [-0.39, 0.29) is 24.4 Å². The van der Waals surface area contributed by atoms with E-state index in [9.17, 15) is 25.2 Å². The largest absolute Gasteiger partial charge is 0.504 e. The highest BCUT2D eigenvalue weighted by Crippen LogP contribution is 2.42. The fourth-order valence-electron chi connectivity index (χ4n) is 2.68. The van der Waals surface area contributed by atoms with Gasteiger partial charge in [-0.3, -0.25) is 4.79 Å². The molecule has 7 nitrogen and oxygen atoms in total. The number of hydrogen-bond donors (Lipinski definition) is 6. The van der Waals surface area contributed by atoms with Crippen LogP contribution >= 0.6 is 0 Å². The van der Waals surface area contributed by atoms with Gasteiger partial charge in [-0.15, -0.1) is 0 Å². The molecule has 2 unspecified atom stereocenters. The van der Waals surface area contributed by atoms with Crippen molar-refractivity contribution < 1.29 is 30.3 Å². The zero-order valence-corrected chi connectivity index (χ0v) is 13.2. The molecule has 0 saturated carbocycles. The average Bonchev–Trinajstić information content (AvgIpc) is 2.51. The van der Waals surface area contributed by atoms with Crippen LogP contribution in [0.2, 0.25) is 0 Å².